The van der Waals surface area contributed by atoms with E-state index < -0.39 is 0 Å². The molecule has 0 aliphatic carbocycles. The molecule has 0 heterocycles. The summed E-state index contributed by atoms with van der Waals surface area (Å²) in [5, 5.41) is 2.26. The molecule has 1 aromatic rings. The first-order chi connectivity index (χ1) is 9.07. The van der Waals surface area contributed by atoms with Crippen LogP contribution in [0.4, 0.5) is 0 Å². The van der Waals surface area contributed by atoms with Crippen LogP contribution in [-0.2, 0) is 25.6 Å². The molecule has 0 aromatic heterocycles. The van der Waals surface area contributed by atoms with E-state index in [2.05, 4.69) is 91.9 Å². The van der Waals surface area contributed by atoms with Gasteiger partial charge in [0, 0.05) is 0 Å². The fourth-order valence-corrected chi connectivity index (χ4v) is 6.67. The van der Waals surface area contributed by atoms with Gasteiger partial charge in [-0.15, -0.1) is 0 Å². The van der Waals surface area contributed by atoms with Gasteiger partial charge < -0.3 is 0 Å². The molecule has 0 aliphatic rings. The number of aryl methyl sites for hydroxylation is 1. The summed E-state index contributed by atoms with van der Waals surface area (Å²) in [4.78, 5) is 0. The molecule has 0 radical (unpaired) electrons. The van der Waals surface area contributed by atoms with Crippen molar-refractivity contribution in [3.63, 3.8) is 0 Å². The van der Waals surface area contributed by atoms with Crippen LogP contribution in [0.1, 0.15) is 54.0 Å². The van der Waals surface area contributed by atoms with Crippen LogP contribution in [-0.4, -0.2) is 14.7 Å². The first kappa shape index (κ1) is 20.6. The number of hydrogen-bond acceptors (Lipinski definition) is 0. The Morgan fingerprint density at radius 1 is 0.950 bits per heavy atom. The Morgan fingerprint density at radius 3 is 1.55 bits per heavy atom. The summed E-state index contributed by atoms with van der Waals surface area (Å²) in [6, 6.07) is 9.28. The Morgan fingerprint density at radius 2 is 1.30 bits per heavy atom. The van der Waals surface area contributed by atoms with E-state index in [1.165, 1.54) is 10.9 Å². The quantitative estimate of drug-likeness (QED) is 0.337. The molecule has 0 fully saturated rings. The first-order valence-corrected chi connectivity index (χ1v) is 10.0. The van der Waals surface area contributed by atoms with Crippen molar-refractivity contribution in [1.82, 2.24) is 0 Å². The molecule has 3 heteroatoms. The molecule has 0 aliphatic heterocycles. The molecule has 119 valence electrons. The normalized spacial score (nSPS) is 12.2. The van der Waals surface area contributed by atoms with Gasteiger partial charge in [-0.25, -0.2) is 0 Å². The van der Waals surface area contributed by atoms with Crippen molar-refractivity contribution in [2.75, 3.05) is 4.35 Å². The van der Waals surface area contributed by atoms with Crippen LogP contribution in [0.3, 0.4) is 0 Å². The summed E-state index contributed by atoms with van der Waals surface area (Å²) in [6.45, 7) is 16.4. The van der Waals surface area contributed by atoms with E-state index >= 15 is 0 Å². The number of alkyl halides is 1. The van der Waals surface area contributed by atoms with E-state index in [0.717, 1.165) is 6.42 Å². The van der Waals surface area contributed by atoms with Gasteiger partial charge in [-0.3, -0.25) is 0 Å². The zero-order valence-corrected chi connectivity index (χ0v) is 17.1. The van der Waals surface area contributed by atoms with Crippen LogP contribution in [0.2, 0.25) is 0 Å². The average Bonchev–Trinajstić information content (AvgIpc) is 2.27. The second kappa shape index (κ2) is 8.90. The van der Waals surface area contributed by atoms with Crippen molar-refractivity contribution in [3.05, 3.63) is 29.8 Å². The average molecular weight is 406 g/mol. The molecule has 0 bridgehead atoms. The summed E-state index contributed by atoms with van der Waals surface area (Å²) in [5.74, 6) is 0. The summed E-state index contributed by atoms with van der Waals surface area (Å²) in [5.41, 5.74) is 1.44. The van der Waals surface area contributed by atoms with Gasteiger partial charge >= 0.3 is 35.2 Å². The van der Waals surface area contributed by atoms with E-state index in [-0.39, 0.29) is 7.92 Å². The van der Waals surface area contributed by atoms with Crippen LogP contribution < -0.4 is 5.30 Å². The third kappa shape index (κ3) is 7.05. The molecule has 0 spiro atoms. The van der Waals surface area contributed by atoms with Crippen molar-refractivity contribution in [2.45, 2.75) is 65.2 Å². The molecule has 0 unspecified atom stereocenters. The second-order valence-corrected chi connectivity index (χ2v) is 12.1. The third-order valence-electron chi connectivity index (χ3n) is 2.94. The molecule has 1 aromatic carbocycles. The molecule has 0 N–H and O–H groups in total. The summed E-state index contributed by atoms with van der Waals surface area (Å²) in [6.07, 6.45) is 1.13. The molecule has 1 rings (SSSR count). The van der Waals surface area contributed by atoms with E-state index in [1.807, 2.05) is 0 Å². The fourth-order valence-electron chi connectivity index (χ4n) is 2.66. The van der Waals surface area contributed by atoms with Gasteiger partial charge in [0.25, 0.3) is 0 Å². The Hall–Kier alpha value is 0.602. The predicted molar refractivity (Wildman–Crippen MR) is 92.6 cm³/mol. The van der Waals surface area contributed by atoms with E-state index in [9.17, 15) is 0 Å². The zero-order chi connectivity index (χ0) is 16.0. The van der Waals surface area contributed by atoms with Crippen molar-refractivity contribution >= 4 is 24.8 Å². The molecule has 0 nitrogen and oxygen atoms in total. The minimum atomic E-state index is -0.155. The standard InChI is InChI=1S/C16H27P.CH2Cl.Pd/c1-8-13-9-11-14(12-10-13)17(15(2,3)4)16(5,6)7;1-2;/h9-12H,8H2,1-7H3;1H2;. The Bertz CT molecular complexity index is 359. The number of rotatable bonds is 2. The van der Waals surface area contributed by atoms with E-state index in [0.29, 0.717) is 14.7 Å². The van der Waals surface area contributed by atoms with Crippen molar-refractivity contribution in [1.29, 1.82) is 0 Å². The SMILES string of the molecule is CCc1ccc(P(C(C)(C)C)C(C)(C)C)cc1.Cl[CH2][Pd]. The second-order valence-electron chi connectivity index (χ2n) is 6.78. The maximum atomic E-state index is 4.93. The number of halogens is 1. The van der Waals surface area contributed by atoms with Crippen molar-refractivity contribution in [2.24, 2.45) is 0 Å². The van der Waals surface area contributed by atoms with Gasteiger partial charge in [0.2, 0.25) is 0 Å². The van der Waals surface area contributed by atoms with Crippen LogP contribution >= 0.6 is 19.5 Å². The Labute approximate surface area is 143 Å². The van der Waals surface area contributed by atoms with Crippen LogP contribution in [0.15, 0.2) is 24.3 Å². The summed E-state index contributed by atoms with van der Waals surface area (Å²) < 4.78 is 0.572. The number of benzene rings is 1. The topological polar surface area (TPSA) is 0 Å². The van der Waals surface area contributed by atoms with Gasteiger partial charge in [-0.2, -0.15) is 0 Å². The van der Waals surface area contributed by atoms with Gasteiger partial charge in [-0.1, -0.05) is 80.7 Å². The molecular formula is C17H29ClPPd. The van der Waals surface area contributed by atoms with Crippen LogP contribution in [0, 0.1) is 0 Å². The molecule has 0 saturated heterocycles. The first-order valence-electron chi connectivity index (χ1n) is 7.04. The monoisotopic (exact) mass is 405 g/mol. The maximum absolute atomic E-state index is 4.93. The summed E-state index contributed by atoms with van der Waals surface area (Å²) in [7, 11) is -0.155. The van der Waals surface area contributed by atoms with Crippen molar-refractivity contribution < 1.29 is 19.2 Å². The molecule has 20 heavy (non-hydrogen) atoms. The van der Waals surface area contributed by atoms with Gasteiger partial charge in [-0.05, 0) is 27.6 Å². The number of hydrogen-bond donors (Lipinski definition) is 0. The molecule has 0 amide bonds. The fraction of sp³-hybridized carbons (Fsp3) is 0.647. The molecule has 0 saturated carbocycles. The Balaban J connectivity index is 0.00000110. The Kier molecular flexibility index (Phi) is 9.17. The minimum absolute atomic E-state index is 0.155. The zero-order valence-electron chi connectivity index (χ0n) is 13.9. The third-order valence-corrected chi connectivity index (χ3v) is 6.44. The van der Waals surface area contributed by atoms with E-state index in [4.69, 9.17) is 11.6 Å². The molecular weight excluding hydrogens is 377 g/mol. The predicted octanol–water partition coefficient (Wildman–Crippen LogP) is 5.68. The van der Waals surface area contributed by atoms with Crippen molar-refractivity contribution in [3.8, 4) is 0 Å². The molecule has 0 atom stereocenters. The summed E-state index contributed by atoms with van der Waals surface area (Å²) >= 11 is 7.64. The van der Waals surface area contributed by atoms with Crippen LogP contribution in [0.25, 0.3) is 0 Å². The van der Waals surface area contributed by atoms with Crippen LogP contribution in [0.5, 0.6) is 0 Å². The van der Waals surface area contributed by atoms with Gasteiger partial charge in [0.15, 0.2) is 0 Å². The van der Waals surface area contributed by atoms with Gasteiger partial charge in [0.1, 0.15) is 0 Å². The van der Waals surface area contributed by atoms with E-state index in [1.54, 1.807) is 0 Å². The van der Waals surface area contributed by atoms with Gasteiger partial charge in [0.05, 0.1) is 0 Å².